The second kappa shape index (κ2) is 5.65. The summed E-state index contributed by atoms with van der Waals surface area (Å²) in [5, 5.41) is 3.97. The minimum absolute atomic E-state index is 0.0148. The van der Waals surface area contributed by atoms with Gasteiger partial charge >= 0.3 is 0 Å². The SMILES string of the molecule is O=C(N/N=C\c1cccnc1)[C@H]1C[C@@H]1c1ccccc1. The van der Waals surface area contributed by atoms with Crippen molar-refractivity contribution >= 4 is 12.1 Å². The summed E-state index contributed by atoms with van der Waals surface area (Å²) in [6, 6.07) is 13.8. The van der Waals surface area contributed by atoms with Crippen LogP contribution in [-0.4, -0.2) is 17.1 Å². The molecule has 4 nitrogen and oxygen atoms in total. The Morgan fingerprint density at radius 3 is 2.85 bits per heavy atom. The van der Waals surface area contributed by atoms with Crippen molar-refractivity contribution in [3.63, 3.8) is 0 Å². The Balaban J connectivity index is 1.53. The van der Waals surface area contributed by atoms with E-state index in [-0.39, 0.29) is 11.8 Å². The highest BCUT2D eigenvalue weighted by Gasteiger charge is 2.43. The highest BCUT2D eigenvalue weighted by molar-refractivity contribution is 5.85. The Kier molecular flexibility index (Phi) is 3.54. The van der Waals surface area contributed by atoms with Crippen LogP contribution in [0.15, 0.2) is 60.0 Å². The molecule has 2 atom stereocenters. The Morgan fingerprint density at radius 2 is 2.10 bits per heavy atom. The van der Waals surface area contributed by atoms with Crippen LogP contribution in [-0.2, 0) is 4.79 Å². The van der Waals surface area contributed by atoms with Gasteiger partial charge in [-0.15, -0.1) is 0 Å². The fraction of sp³-hybridized carbons (Fsp3) is 0.188. The van der Waals surface area contributed by atoms with E-state index in [1.54, 1.807) is 18.6 Å². The number of carbonyl (C=O) groups excluding carboxylic acids is 1. The topological polar surface area (TPSA) is 54.4 Å². The second-order valence-electron chi connectivity index (χ2n) is 4.88. The predicted octanol–water partition coefficient (Wildman–Crippen LogP) is 2.34. The van der Waals surface area contributed by atoms with Crippen LogP contribution in [0.4, 0.5) is 0 Å². The Morgan fingerprint density at radius 1 is 1.25 bits per heavy atom. The number of aromatic nitrogens is 1. The molecular weight excluding hydrogens is 250 g/mol. The molecule has 1 aliphatic rings. The van der Waals surface area contributed by atoms with Gasteiger partial charge in [-0.3, -0.25) is 9.78 Å². The smallest absolute Gasteiger partial charge is 0.243 e. The molecule has 2 aromatic rings. The van der Waals surface area contributed by atoms with Gasteiger partial charge in [-0.2, -0.15) is 5.10 Å². The quantitative estimate of drug-likeness (QED) is 0.681. The third kappa shape index (κ3) is 2.91. The molecule has 0 spiro atoms. The Labute approximate surface area is 117 Å². The van der Waals surface area contributed by atoms with Crippen LogP contribution in [0.25, 0.3) is 0 Å². The van der Waals surface area contributed by atoms with Crippen molar-refractivity contribution in [1.82, 2.24) is 10.4 Å². The molecule has 20 heavy (non-hydrogen) atoms. The van der Waals surface area contributed by atoms with Gasteiger partial charge in [-0.25, -0.2) is 5.43 Å². The van der Waals surface area contributed by atoms with E-state index < -0.39 is 0 Å². The summed E-state index contributed by atoms with van der Waals surface area (Å²) >= 11 is 0. The van der Waals surface area contributed by atoms with Crippen molar-refractivity contribution in [2.45, 2.75) is 12.3 Å². The van der Waals surface area contributed by atoms with Gasteiger partial charge in [0.25, 0.3) is 0 Å². The van der Waals surface area contributed by atoms with Crippen LogP contribution < -0.4 is 5.43 Å². The molecule has 0 aliphatic heterocycles. The maximum absolute atomic E-state index is 11.9. The molecule has 1 amide bonds. The van der Waals surface area contributed by atoms with E-state index in [0.29, 0.717) is 5.92 Å². The predicted molar refractivity (Wildman–Crippen MR) is 77.3 cm³/mol. The molecule has 0 bridgehead atoms. The summed E-state index contributed by atoms with van der Waals surface area (Å²) in [6.45, 7) is 0. The van der Waals surface area contributed by atoms with Gasteiger partial charge < -0.3 is 0 Å². The lowest BCUT2D eigenvalue weighted by Gasteiger charge is -1.99. The zero-order valence-corrected chi connectivity index (χ0v) is 10.9. The zero-order chi connectivity index (χ0) is 13.8. The first-order valence-electron chi connectivity index (χ1n) is 6.62. The number of amides is 1. The van der Waals surface area contributed by atoms with Crippen molar-refractivity contribution in [2.75, 3.05) is 0 Å². The lowest BCUT2D eigenvalue weighted by atomic mass is 10.1. The molecule has 1 fully saturated rings. The number of benzene rings is 1. The highest BCUT2D eigenvalue weighted by atomic mass is 16.2. The number of carbonyl (C=O) groups is 1. The van der Waals surface area contributed by atoms with E-state index in [1.807, 2.05) is 30.3 Å². The molecule has 0 unspecified atom stereocenters. The standard InChI is InChI=1S/C16H15N3O/c20-16(19-18-11-12-5-4-8-17-10-12)15-9-14(15)13-6-2-1-3-7-13/h1-8,10-11,14-15H,9H2,(H,19,20)/b18-11-/t14-,15+/m1/s1. The average molecular weight is 265 g/mol. The fourth-order valence-electron chi connectivity index (χ4n) is 2.26. The van der Waals surface area contributed by atoms with Gasteiger partial charge in [0.15, 0.2) is 0 Å². The summed E-state index contributed by atoms with van der Waals surface area (Å²) in [4.78, 5) is 15.9. The van der Waals surface area contributed by atoms with Crippen LogP contribution in [0.3, 0.4) is 0 Å². The molecule has 1 N–H and O–H groups in total. The van der Waals surface area contributed by atoms with Crippen molar-refractivity contribution in [1.29, 1.82) is 0 Å². The molecule has 0 radical (unpaired) electrons. The van der Waals surface area contributed by atoms with Gasteiger partial charge in [0.1, 0.15) is 0 Å². The van der Waals surface area contributed by atoms with Crippen LogP contribution in [0.1, 0.15) is 23.5 Å². The fourth-order valence-corrected chi connectivity index (χ4v) is 2.26. The first-order chi connectivity index (χ1) is 9.84. The molecule has 4 heteroatoms. The maximum Gasteiger partial charge on any atom is 0.243 e. The van der Waals surface area contributed by atoms with Crippen molar-refractivity contribution in [3.05, 3.63) is 66.0 Å². The lowest BCUT2D eigenvalue weighted by molar-refractivity contribution is -0.122. The third-order valence-corrected chi connectivity index (χ3v) is 3.43. The largest absolute Gasteiger partial charge is 0.273 e. The molecule has 3 rings (SSSR count). The second-order valence-corrected chi connectivity index (χ2v) is 4.88. The number of pyridine rings is 1. The third-order valence-electron chi connectivity index (χ3n) is 3.43. The number of nitrogens with zero attached hydrogens (tertiary/aromatic N) is 2. The molecule has 1 saturated carbocycles. The highest BCUT2D eigenvalue weighted by Crippen LogP contribution is 2.47. The van der Waals surface area contributed by atoms with Gasteiger partial charge in [0, 0.05) is 23.9 Å². The number of hydrogen-bond donors (Lipinski definition) is 1. The van der Waals surface area contributed by atoms with Gasteiger partial charge in [0.05, 0.1) is 6.21 Å². The minimum Gasteiger partial charge on any atom is -0.273 e. The lowest BCUT2D eigenvalue weighted by Crippen LogP contribution is -2.20. The number of hydrogen-bond acceptors (Lipinski definition) is 3. The van der Waals surface area contributed by atoms with E-state index in [2.05, 4.69) is 27.6 Å². The molecule has 100 valence electrons. The van der Waals surface area contributed by atoms with Crippen molar-refractivity contribution in [2.24, 2.45) is 11.0 Å². The summed E-state index contributed by atoms with van der Waals surface area (Å²) in [5.41, 5.74) is 4.69. The van der Waals surface area contributed by atoms with Crippen LogP contribution in [0.5, 0.6) is 0 Å². The molecule has 1 aliphatic carbocycles. The van der Waals surface area contributed by atoms with Crippen LogP contribution in [0.2, 0.25) is 0 Å². The van der Waals surface area contributed by atoms with Crippen molar-refractivity contribution in [3.8, 4) is 0 Å². The molecule has 1 aromatic heterocycles. The number of rotatable bonds is 4. The zero-order valence-electron chi connectivity index (χ0n) is 10.9. The summed E-state index contributed by atoms with van der Waals surface area (Å²) in [7, 11) is 0. The Hall–Kier alpha value is -2.49. The molecular formula is C16H15N3O. The molecule has 1 heterocycles. The number of hydrazone groups is 1. The summed E-state index contributed by atoms with van der Waals surface area (Å²) < 4.78 is 0. The van der Waals surface area contributed by atoms with E-state index >= 15 is 0 Å². The van der Waals surface area contributed by atoms with E-state index in [4.69, 9.17) is 0 Å². The van der Waals surface area contributed by atoms with Crippen LogP contribution >= 0.6 is 0 Å². The normalized spacial score (nSPS) is 20.8. The van der Waals surface area contributed by atoms with Crippen molar-refractivity contribution < 1.29 is 4.79 Å². The maximum atomic E-state index is 11.9. The summed E-state index contributed by atoms with van der Waals surface area (Å²) in [5.74, 6) is 0.368. The monoisotopic (exact) mass is 265 g/mol. The minimum atomic E-state index is -0.0148. The number of nitrogens with one attached hydrogen (secondary N) is 1. The van der Waals surface area contributed by atoms with Gasteiger partial charge in [-0.05, 0) is 24.0 Å². The first-order valence-corrected chi connectivity index (χ1v) is 6.62. The summed E-state index contributed by atoms with van der Waals surface area (Å²) in [6.07, 6.45) is 5.90. The first kappa shape index (κ1) is 12.5. The van der Waals surface area contributed by atoms with E-state index in [1.165, 1.54) is 5.56 Å². The Bertz CT molecular complexity index is 610. The van der Waals surface area contributed by atoms with E-state index in [9.17, 15) is 4.79 Å². The van der Waals surface area contributed by atoms with Gasteiger partial charge in [0.2, 0.25) is 5.91 Å². The molecule has 1 aromatic carbocycles. The van der Waals surface area contributed by atoms with E-state index in [0.717, 1.165) is 12.0 Å². The van der Waals surface area contributed by atoms with Crippen LogP contribution in [0, 0.1) is 5.92 Å². The average Bonchev–Trinajstić information content (AvgIpc) is 3.30. The van der Waals surface area contributed by atoms with Gasteiger partial charge in [-0.1, -0.05) is 36.4 Å². The molecule has 0 saturated heterocycles.